The van der Waals surface area contributed by atoms with Crippen molar-refractivity contribution in [1.29, 1.82) is 5.26 Å². The standard InChI is InChI=1S/C12H10F3N3O2/c13-12(14,15)11(20)18-9-3-1-2-8(6-9)7-17-10(19)4-5-16/h1-3,6H,4,7H2,(H,17,19)(H,18,20). The van der Waals surface area contributed by atoms with Crippen molar-refractivity contribution in [3.8, 4) is 6.07 Å². The predicted molar refractivity (Wildman–Crippen MR) is 63.2 cm³/mol. The summed E-state index contributed by atoms with van der Waals surface area (Å²) in [6, 6.07) is 7.27. The minimum absolute atomic E-state index is 0.0284. The van der Waals surface area contributed by atoms with E-state index in [2.05, 4.69) is 5.32 Å². The van der Waals surface area contributed by atoms with Crippen LogP contribution in [0.4, 0.5) is 18.9 Å². The van der Waals surface area contributed by atoms with Crippen molar-refractivity contribution in [1.82, 2.24) is 5.32 Å². The molecule has 0 atom stereocenters. The molecule has 1 rings (SSSR count). The molecule has 8 heteroatoms. The summed E-state index contributed by atoms with van der Waals surface area (Å²) in [6.45, 7) is 0.0518. The highest BCUT2D eigenvalue weighted by molar-refractivity contribution is 5.94. The minimum atomic E-state index is -4.96. The number of carbonyl (C=O) groups is 2. The summed E-state index contributed by atoms with van der Waals surface area (Å²) in [7, 11) is 0. The number of nitriles is 1. The van der Waals surface area contributed by atoms with Gasteiger partial charge in [-0.05, 0) is 17.7 Å². The molecule has 2 amide bonds. The molecule has 0 saturated heterocycles. The zero-order valence-electron chi connectivity index (χ0n) is 10.1. The van der Waals surface area contributed by atoms with E-state index in [4.69, 9.17) is 5.26 Å². The molecule has 0 aromatic heterocycles. The molecular weight excluding hydrogens is 275 g/mol. The third-order valence-electron chi connectivity index (χ3n) is 2.17. The van der Waals surface area contributed by atoms with Gasteiger partial charge in [0, 0.05) is 12.2 Å². The average Bonchev–Trinajstić information content (AvgIpc) is 2.36. The predicted octanol–water partition coefficient (Wildman–Crippen LogP) is 1.72. The van der Waals surface area contributed by atoms with Crippen LogP contribution in [0.25, 0.3) is 0 Å². The van der Waals surface area contributed by atoms with Crippen LogP contribution in [-0.4, -0.2) is 18.0 Å². The fraction of sp³-hybridized carbons (Fsp3) is 0.250. The van der Waals surface area contributed by atoms with Crippen molar-refractivity contribution in [2.75, 3.05) is 5.32 Å². The lowest BCUT2D eigenvalue weighted by molar-refractivity contribution is -0.167. The van der Waals surface area contributed by atoms with E-state index in [9.17, 15) is 22.8 Å². The Balaban J connectivity index is 2.65. The van der Waals surface area contributed by atoms with Crippen molar-refractivity contribution < 1.29 is 22.8 Å². The molecular formula is C12H10F3N3O2. The second kappa shape index (κ2) is 6.56. The molecule has 0 bridgehead atoms. The van der Waals surface area contributed by atoms with E-state index in [1.807, 2.05) is 0 Å². The summed E-state index contributed by atoms with van der Waals surface area (Å²) in [4.78, 5) is 21.8. The van der Waals surface area contributed by atoms with Gasteiger partial charge in [0.15, 0.2) is 0 Å². The fourth-order valence-corrected chi connectivity index (χ4v) is 1.30. The van der Waals surface area contributed by atoms with Gasteiger partial charge in [-0.3, -0.25) is 9.59 Å². The molecule has 0 radical (unpaired) electrons. The normalized spacial score (nSPS) is 10.5. The van der Waals surface area contributed by atoms with Crippen LogP contribution in [0.2, 0.25) is 0 Å². The SMILES string of the molecule is N#CCC(=O)NCc1cccc(NC(=O)C(F)(F)F)c1. The van der Waals surface area contributed by atoms with Crippen molar-refractivity contribution in [3.63, 3.8) is 0 Å². The van der Waals surface area contributed by atoms with Gasteiger partial charge >= 0.3 is 12.1 Å². The van der Waals surface area contributed by atoms with Crippen molar-refractivity contribution >= 4 is 17.5 Å². The first-order valence-corrected chi connectivity index (χ1v) is 5.43. The molecule has 0 aliphatic rings. The molecule has 0 aliphatic carbocycles. The number of halogens is 3. The number of carbonyl (C=O) groups excluding carboxylic acids is 2. The van der Waals surface area contributed by atoms with E-state index in [0.717, 1.165) is 0 Å². The van der Waals surface area contributed by atoms with Gasteiger partial charge in [0.1, 0.15) is 6.42 Å². The summed E-state index contributed by atoms with van der Waals surface area (Å²) < 4.78 is 36.2. The minimum Gasteiger partial charge on any atom is -0.351 e. The molecule has 0 aliphatic heterocycles. The topological polar surface area (TPSA) is 82.0 Å². The van der Waals surface area contributed by atoms with Gasteiger partial charge in [-0.1, -0.05) is 12.1 Å². The Bertz CT molecular complexity index is 550. The van der Waals surface area contributed by atoms with Gasteiger partial charge in [0.05, 0.1) is 6.07 Å². The quantitative estimate of drug-likeness (QED) is 0.883. The molecule has 0 fully saturated rings. The largest absolute Gasteiger partial charge is 0.471 e. The highest BCUT2D eigenvalue weighted by atomic mass is 19.4. The van der Waals surface area contributed by atoms with E-state index < -0.39 is 18.0 Å². The fourth-order valence-electron chi connectivity index (χ4n) is 1.30. The van der Waals surface area contributed by atoms with E-state index in [1.165, 1.54) is 18.2 Å². The molecule has 1 aromatic carbocycles. The van der Waals surface area contributed by atoms with Crippen LogP contribution >= 0.6 is 0 Å². The zero-order valence-corrected chi connectivity index (χ0v) is 10.1. The van der Waals surface area contributed by atoms with Crippen LogP contribution in [0, 0.1) is 11.3 Å². The molecule has 0 saturated carbocycles. The summed E-state index contributed by atoms with van der Waals surface area (Å²) in [5.74, 6) is -2.56. The summed E-state index contributed by atoms with van der Waals surface area (Å²) in [5.41, 5.74) is 0.468. The van der Waals surface area contributed by atoms with Crippen LogP contribution < -0.4 is 10.6 Å². The maximum Gasteiger partial charge on any atom is 0.471 e. The Morgan fingerprint density at radius 1 is 1.30 bits per heavy atom. The monoisotopic (exact) mass is 285 g/mol. The number of benzene rings is 1. The molecule has 106 valence electrons. The third-order valence-corrected chi connectivity index (χ3v) is 2.17. The number of amides is 2. The van der Waals surface area contributed by atoms with Gasteiger partial charge < -0.3 is 10.6 Å². The Morgan fingerprint density at radius 2 is 2.00 bits per heavy atom. The lowest BCUT2D eigenvalue weighted by Crippen LogP contribution is -2.30. The van der Waals surface area contributed by atoms with Gasteiger partial charge in [-0.25, -0.2) is 0 Å². The maximum absolute atomic E-state index is 12.1. The van der Waals surface area contributed by atoms with Crippen LogP contribution in [0.15, 0.2) is 24.3 Å². The lowest BCUT2D eigenvalue weighted by atomic mass is 10.2. The van der Waals surface area contributed by atoms with Crippen molar-refractivity contribution in [2.45, 2.75) is 19.1 Å². The Labute approximate surface area is 112 Å². The second-order valence-electron chi connectivity index (χ2n) is 3.76. The number of hydrogen-bond acceptors (Lipinski definition) is 3. The highest BCUT2D eigenvalue weighted by Gasteiger charge is 2.38. The zero-order chi connectivity index (χ0) is 15.2. The Kier molecular flexibility index (Phi) is 5.08. The van der Waals surface area contributed by atoms with Crippen LogP contribution in [0.3, 0.4) is 0 Å². The first-order valence-electron chi connectivity index (χ1n) is 5.43. The van der Waals surface area contributed by atoms with Crippen LogP contribution in [0.5, 0.6) is 0 Å². The molecule has 20 heavy (non-hydrogen) atoms. The Hall–Kier alpha value is -2.56. The first kappa shape index (κ1) is 15.5. The van der Waals surface area contributed by atoms with E-state index >= 15 is 0 Å². The molecule has 0 unspecified atom stereocenters. The Morgan fingerprint density at radius 3 is 2.60 bits per heavy atom. The summed E-state index contributed by atoms with van der Waals surface area (Å²) in [6.07, 6.45) is -5.26. The molecule has 1 aromatic rings. The summed E-state index contributed by atoms with van der Waals surface area (Å²) >= 11 is 0. The van der Waals surface area contributed by atoms with Gasteiger partial charge in [-0.2, -0.15) is 18.4 Å². The number of nitrogens with one attached hydrogen (secondary N) is 2. The first-order chi connectivity index (χ1) is 9.32. The second-order valence-corrected chi connectivity index (χ2v) is 3.76. The van der Waals surface area contributed by atoms with Gasteiger partial charge in [-0.15, -0.1) is 0 Å². The third kappa shape index (κ3) is 4.97. The van der Waals surface area contributed by atoms with Crippen LogP contribution in [-0.2, 0) is 16.1 Å². The molecule has 0 spiro atoms. The number of rotatable bonds is 4. The number of alkyl halides is 3. The number of nitrogens with zero attached hydrogens (tertiary/aromatic N) is 1. The molecule has 5 nitrogen and oxygen atoms in total. The number of anilines is 1. The van der Waals surface area contributed by atoms with Gasteiger partial charge in [0.2, 0.25) is 5.91 Å². The highest BCUT2D eigenvalue weighted by Crippen LogP contribution is 2.18. The van der Waals surface area contributed by atoms with Gasteiger partial charge in [0.25, 0.3) is 0 Å². The molecule has 2 N–H and O–H groups in total. The average molecular weight is 285 g/mol. The van der Waals surface area contributed by atoms with Crippen molar-refractivity contribution in [2.24, 2.45) is 0 Å². The maximum atomic E-state index is 12.1. The molecule has 0 heterocycles. The van der Waals surface area contributed by atoms with E-state index in [1.54, 1.807) is 17.5 Å². The summed E-state index contributed by atoms with van der Waals surface area (Å²) in [5, 5.41) is 12.4. The van der Waals surface area contributed by atoms with Crippen molar-refractivity contribution in [3.05, 3.63) is 29.8 Å². The van der Waals surface area contributed by atoms with E-state index in [0.29, 0.717) is 5.56 Å². The smallest absolute Gasteiger partial charge is 0.351 e. The van der Waals surface area contributed by atoms with Crippen LogP contribution in [0.1, 0.15) is 12.0 Å². The lowest BCUT2D eigenvalue weighted by Gasteiger charge is -2.09. The number of hydrogen-bond donors (Lipinski definition) is 2. The van der Waals surface area contributed by atoms with E-state index in [-0.39, 0.29) is 18.7 Å².